The van der Waals surface area contributed by atoms with E-state index < -0.39 is 0 Å². The summed E-state index contributed by atoms with van der Waals surface area (Å²) in [4.78, 5) is 12.3. The van der Waals surface area contributed by atoms with Crippen LogP contribution in [0.2, 0.25) is 0 Å². The standard InChI is InChI=1S/C22H27NO3/c1-15(2)18-8-6-7-9-19(18)23-22(24)13-11-17-10-12-20(26-16(3)4)21(14-17)25-5/h6-16H,1-5H3,(H,23,24)/b13-11+. The summed E-state index contributed by atoms with van der Waals surface area (Å²) < 4.78 is 11.1. The molecule has 0 aliphatic rings. The summed E-state index contributed by atoms with van der Waals surface area (Å²) in [6.45, 7) is 8.14. The van der Waals surface area contributed by atoms with Crippen LogP contribution in [-0.2, 0) is 4.79 Å². The van der Waals surface area contributed by atoms with Gasteiger partial charge >= 0.3 is 0 Å². The number of benzene rings is 2. The van der Waals surface area contributed by atoms with Gasteiger partial charge < -0.3 is 14.8 Å². The fraction of sp³-hybridized carbons (Fsp3) is 0.318. The smallest absolute Gasteiger partial charge is 0.248 e. The Morgan fingerprint density at radius 1 is 1.04 bits per heavy atom. The van der Waals surface area contributed by atoms with E-state index in [9.17, 15) is 4.79 Å². The van der Waals surface area contributed by atoms with Crippen molar-refractivity contribution in [3.8, 4) is 11.5 Å². The predicted octanol–water partition coefficient (Wildman–Crippen LogP) is 5.26. The molecule has 0 spiro atoms. The zero-order valence-electron chi connectivity index (χ0n) is 16.1. The first-order chi connectivity index (χ1) is 12.4. The van der Waals surface area contributed by atoms with Gasteiger partial charge in [0, 0.05) is 11.8 Å². The Balaban J connectivity index is 2.11. The molecule has 0 saturated heterocycles. The van der Waals surface area contributed by atoms with E-state index in [2.05, 4.69) is 19.2 Å². The van der Waals surface area contributed by atoms with Gasteiger partial charge in [0.15, 0.2) is 11.5 Å². The normalized spacial score (nSPS) is 11.2. The van der Waals surface area contributed by atoms with Crippen LogP contribution in [0, 0.1) is 0 Å². The molecule has 0 bridgehead atoms. The summed E-state index contributed by atoms with van der Waals surface area (Å²) >= 11 is 0. The number of para-hydroxylation sites is 1. The molecule has 0 atom stereocenters. The van der Waals surface area contributed by atoms with Crippen molar-refractivity contribution in [2.24, 2.45) is 0 Å². The average molecular weight is 353 g/mol. The molecule has 4 nitrogen and oxygen atoms in total. The van der Waals surface area contributed by atoms with Crippen molar-refractivity contribution in [2.75, 3.05) is 12.4 Å². The third-order valence-electron chi connectivity index (χ3n) is 3.82. The zero-order valence-corrected chi connectivity index (χ0v) is 16.1. The summed E-state index contributed by atoms with van der Waals surface area (Å²) in [6.07, 6.45) is 3.35. The zero-order chi connectivity index (χ0) is 19.1. The maximum Gasteiger partial charge on any atom is 0.248 e. The van der Waals surface area contributed by atoms with Gasteiger partial charge in [-0.3, -0.25) is 4.79 Å². The molecule has 0 fully saturated rings. The number of anilines is 1. The first-order valence-electron chi connectivity index (χ1n) is 8.83. The third-order valence-corrected chi connectivity index (χ3v) is 3.82. The van der Waals surface area contributed by atoms with Crippen molar-refractivity contribution < 1.29 is 14.3 Å². The minimum Gasteiger partial charge on any atom is -0.493 e. The number of carbonyl (C=O) groups excluding carboxylic acids is 1. The average Bonchev–Trinajstić information content (AvgIpc) is 2.60. The van der Waals surface area contributed by atoms with Gasteiger partial charge in [0.25, 0.3) is 0 Å². The van der Waals surface area contributed by atoms with E-state index >= 15 is 0 Å². The van der Waals surface area contributed by atoms with E-state index in [1.807, 2.05) is 56.3 Å². The third kappa shape index (κ3) is 5.38. The van der Waals surface area contributed by atoms with Crippen molar-refractivity contribution in [3.63, 3.8) is 0 Å². The van der Waals surface area contributed by atoms with E-state index in [0.717, 1.165) is 16.8 Å². The Bertz CT molecular complexity index is 779. The number of ether oxygens (including phenoxy) is 2. The molecule has 138 valence electrons. The maximum absolute atomic E-state index is 12.3. The van der Waals surface area contributed by atoms with E-state index in [4.69, 9.17) is 9.47 Å². The highest BCUT2D eigenvalue weighted by Crippen LogP contribution is 2.29. The van der Waals surface area contributed by atoms with Crippen LogP contribution in [0.4, 0.5) is 5.69 Å². The summed E-state index contributed by atoms with van der Waals surface area (Å²) in [7, 11) is 1.60. The molecule has 1 N–H and O–H groups in total. The van der Waals surface area contributed by atoms with E-state index in [1.54, 1.807) is 13.2 Å². The quantitative estimate of drug-likeness (QED) is 0.691. The Morgan fingerprint density at radius 2 is 1.77 bits per heavy atom. The minimum atomic E-state index is -0.167. The van der Waals surface area contributed by atoms with Crippen LogP contribution in [0.15, 0.2) is 48.5 Å². The highest BCUT2D eigenvalue weighted by atomic mass is 16.5. The molecule has 0 aromatic heterocycles. The van der Waals surface area contributed by atoms with Crippen molar-refractivity contribution >= 4 is 17.7 Å². The second-order valence-corrected chi connectivity index (χ2v) is 6.64. The summed E-state index contributed by atoms with van der Waals surface area (Å²) in [6, 6.07) is 13.4. The molecule has 0 aliphatic carbocycles. The second-order valence-electron chi connectivity index (χ2n) is 6.64. The number of carbonyl (C=O) groups is 1. The molecular formula is C22H27NO3. The lowest BCUT2D eigenvalue weighted by Gasteiger charge is -2.14. The van der Waals surface area contributed by atoms with Gasteiger partial charge in [0.1, 0.15) is 0 Å². The van der Waals surface area contributed by atoms with Crippen molar-refractivity contribution in [1.29, 1.82) is 0 Å². The summed E-state index contributed by atoms with van der Waals surface area (Å²) in [5.74, 6) is 1.51. The molecule has 26 heavy (non-hydrogen) atoms. The van der Waals surface area contributed by atoms with Crippen molar-refractivity contribution in [1.82, 2.24) is 0 Å². The molecule has 0 radical (unpaired) electrons. The monoisotopic (exact) mass is 353 g/mol. The maximum atomic E-state index is 12.3. The van der Waals surface area contributed by atoms with Crippen LogP contribution in [0.25, 0.3) is 6.08 Å². The lowest BCUT2D eigenvalue weighted by molar-refractivity contribution is -0.111. The minimum absolute atomic E-state index is 0.0668. The molecule has 1 amide bonds. The largest absolute Gasteiger partial charge is 0.493 e. The van der Waals surface area contributed by atoms with E-state index in [0.29, 0.717) is 17.4 Å². The molecule has 2 aromatic carbocycles. The van der Waals surface area contributed by atoms with Crippen LogP contribution in [0.3, 0.4) is 0 Å². The van der Waals surface area contributed by atoms with Crippen molar-refractivity contribution in [3.05, 3.63) is 59.7 Å². The molecule has 2 rings (SSSR count). The highest BCUT2D eigenvalue weighted by molar-refractivity contribution is 6.02. The van der Waals surface area contributed by atoms with Crippen LogP contribution in [-0.4, -0.2) is 19.1 Å². The Kier molecular flexibility index (Phi) is 6.84. The number of rotatable bonds is 7. The lowest BCUT2D eigenvalue weighted by atomic mass is 10.0. The van der Waals surface area contributed by atoms with Crippen molar-refractivity contribution in [2.45, 2.75) is 39.7 Å². The first kappa shape index (κ1) is 19.6. The highest BCUT2D eigenvalue weighted by Gasteiger charge is 2.08. The van der Waals surface area contributed by atoms with Gasteiger partial charge in [0.2, 0.25) is 5.91 Å². The molecule has 2 aromatic rings. The SMILES string of the molecule is COc1cc(/C=C/C(=O)Nc2ccccc2C(C)C)ccc1OC(C)C. The Morgan fingerprint density at radius 3 is 2.42 bits per heavy atom. The van der Waals surface area contributed by atoms with Crippen LogP contribution >= 0.6 is 0 Å². The van der Waals surface area contributed by atoms with Gasteiger partial charge in [-0.15, -0.1) is 0 Å². The summed E-state index contributed by atoms with van der Waals surface area (Å²) in [5.41, 5.74) is 2.83. The van der Waals surface area contributed by atoms with Crippen LogP contribution in [0.1, 0.15) is 44.7 Å². The Hall–Kier alpha value is -2.75. The number of amides is 1. The van der Waals surface area contributed by atoms with Gasteiger partial charge in [-0.05, 0) is 55.2 Å². The topological polar surface area (TPSA) is 47.6 Å². The molecular weight excluding hydrogens is 326 g/mol. The van der Waals surface area contributed by atoms with E-state index in [1.165, 1.54) is 6.08 Å². The number of methoxy groups -OCH3 is 1. The second kappa shape index (κ2) is 9.09. The molecule has 4 heteroatoms. The van der Waals surface area contributed by atoms with Gasteiger partial charge in [0.05, 0.1) is 13.2 Å². The molecule has 0 saturated carbocycles. The molecule has 0 unspecified atom stereocenters. The van der Waals surface area contributed by atoms with Gasteiger partial charge in [-0.25, -0.2) is 0 Å². The first-order valence-corrected chi connectivity index (χ1v) is 8.83. The fourth-order valence-corrected chi connectivity index (χ4v) is 2.60. The fourth-order valence-electron chi connectivity index (χ4n) is 2.60. The number of hydrogen-bond acceptors (Lipinski definition) is 3. The van der Waals surface area contributed by atoms with Gasteiger partial charge in [-0.1, -0.05) is 38.1 Å². The lowest BCUT2D eigenvalue weighted by Crippen LogP contribution is -2.10. The molecule has 0 heterocycles. The number of hydrogen-bond donors (Lipinski definition) is 1. The summed E-state index contributed by atoms with van der Waals surface area (Å²) in [5, 5.41) is 2.95. The Labute approximate surface area is 155 Å². The van der Waals surface area contributed by atoms with Gasteiger partial charge in [-0.2, -0.15) is 0 Å². The predicted molar refractivity (Wildman–Crippen MR) is 107 cm³/mol. The van der Waals surface area contributed by atoms with E-state index in [-0.39, 0.29) is 12.0 Å². The molecule has 0 aliphatic heterocycles. The number of nitrogens with one attached hydrogen (secondary N) is 1. The van der Waals surface area contributed by atoms with Crippen LogP contribution in [0.5, 0.6) is 11.5 Å². The van der Waals surface area contributed by atoms with Crippen LogP contribution < -0.4 is 14.8 Å².